The van der Waals surface area contributed by atoms with Crippen LogP contribution in [0.5, 0.6) is 5.88 Å². The predicted octanol–water partition coefficient (Wildman–Crippen LogP) is 4.72. The minimum atomic E-state index is -0.282. The maximum Gasteiger partial charge on any atom is 0.240 e. The van der Waals surface area contributed by atoms with Crippen LogP contribution in [0.3, 0.4) is 0 Å². The van der Waals surface area contributed by atoms with E-state index in [1.54, 1.807) is 12.1 Å². The highest BCUT2D eigenvalue weighted by Gasteiger charge is 2.19. The monoisotopic (exact) mass is 337 g/mol. The van der Waals surface area contributed by atoms with Crippen LogP contribution in [-0.2, 0) is 13.0 Å². The lowest BCUT2D eigenvalue weighted by atomic mass is 10.0. The average Bonchev–Trinajstić information content (AvgIpc) is 2.91. The van der Waals surface area contributed by atoms with Crippen molar-refractivity contribution in [1.29, 1.82) is 5.26 Å². The summed E-state index contributed by atoms with van der Waals surface area (Å²) in [5.41, 5.74) is 5.19. The minimum Gasteiger partial charge on any atom is -0.471 e. The molecule has 0 atom stereocenters. The van der Waals surface area contributed by atoms with E-state index in [9.17, 15) is 9.65 Å². The van der Waals surface area contributed by atoms with E-state index < -0.39 is 0 Å². The molecular weight excluding hydrogens is 317 g/mol. The summed E-state index contributed by atoms with van der Waals surface area (Å²) in [5, 5.41) is 10.6. The Balaban J connectivity index is 2.06. The number of aromatic nitrogens is 2. The van der Waals surface area contributed by atoms with Crippen LogP contribution in [0.15, 0.2) is 24.3 Å². The fourth-order valence-electron chi connectivity index (χ4n) is 3.02. The van der Waals surface area contributed by atoms with Gasteiger partial charge in [0, 0.05) is 11.1 Å². The zero-order chi connectivity index (χ0) is 18.0. The van der Waals surface area contributed by atoms with Crippen molar-refractivity contribution in [3.63, 3.8) is 0 Å². The SMILES string of the molecule is CCCc1c(C#N)nc(OCc2ccc(F)cc2)c2[nH]c(C)c(C)c12. The van der Waals surface area contributed by atoms with Gasteiger partial charge in [0.05, 0.1) is 0 Å². The van der Waals surface area contributed by atoms with E-state index in [4.69, 9.17) is 4.74 Å². The Morgan fingerprint density at radius 1 is 1.24 bits per heavy atom. The second-order valence-electron chi connectivity index (χ2n) is 6.15. The van der Waals surface area contributed by atoms with Crippen LogP contribution in [0.25, 0.3) is 10.9 Å². The Hall–Kier alpha value is -2.87. The smallest absolute Gasteiger partial charge is 0.240 e. The van der Waals surface area contributed by atoms with Gasteiger partial charge in [-0.25, -0.2) is 9.37 Å². The minimum absolute atomic E-state index is 0.261. The van der Waals surface area contributed by atoms with Gasteiger partial charge in [0.1, 0.15) is 29.7 Å². The molecule has 5 heteroatoms. The first-order valence-corrected chi connectivity index (χ1v) is 8.34. The van der Waals surface area contributed by atoms with Crippen molar-refractivity contribution in [1.82, 2.24) is 9.97 Å². The number of nitrogens with one attached hydrogen (secondary N) is 1. The number of hydrogen-bond donors (Lipinski definition) is 1. The second kappa shape index (κ2) is 6.94. The van der Waals surface area contributed by atoms with Crippen molar-refractivity contribution in [2.24, 2.45) is 0 Å². The zero-order valence-corrected chi connectivity index (χ0v) is 14.6. The zero-order valence-electron chi connectivity index (χ0n) is 14.6. The molecule has 0 radical (unpaired) electrons. The molecule has 0 amide bonds. The number of H-pyrrole nitrogens is 1. The van der Waals surface area contributed by atoms with Gasteiger partial charge in [-0.15, -0.1) is 0 Å². The van der Waals surface area contributed by atoms with E-state index in [1.165, 1.54) is 12.1 Å². The topological polar surface area (TPSA) is 61.7 Å². The van der Waals surface area contributed by atoms with Crippen molar-refractivity contribution in [2.45, 2.75) is 40.2 Å². The second-order valence-corrected chi connectivity index (χ2v) is 6.15. The van der Waals surface area contributed by atoms with Crippen LogP contribution in [0, 0.1) is 31.0 Å². The highest BCUT2D eigenvalue weighted by molar-refractivity contribution is 5.92. The van der Waals surface area contributed by atoms with Gasteiger partial charge in [0.2, 0.25) is 5.88 Å². The predicted molar refractivity (Wildman–Crippen MR) is 95.0 cm³/mol. The van der Waals surface area contributed by atoms with Gasteiger partial charge in [0.25, 0.3) is 0 Å². The Morgan fingerprint density at radius 2 is 1.96 bits per heavy atom. The standard InChI is InChI=1S/C20H20FN3O/c1-4-5-16-17(10-22)24-20(19-18(16)12(2)13(3)23-19)25-11-14-6-8-15(21)9-7-14/h6-9,23H,4-5,11H2,1-3H3. The summed E-state index contributed by atoms with van der Waals surface area (Å²) in [6, 6.07) is 8.35. The number of ether oxygens (including phenoxy) is 1. The molecule has 0 saturated heterocycles. The number of aryl methyl sites for hydroxylation is 3. The third-order valence-electron chi connectivity index (χ3n) is 4.41. The molecule has 25 heavy (non-hydrogen) atoms. The largest absolute Gasteiger partial charge is 0.471 e. The molecule has 0 bridgehead atoms. The number of rotatable bonds is 5. The lowest BCUT2D eigenvalue weighted by Crippen LogP contribution is -2.03. The fourth-order valence-corrected chi connectivity index (χ4v) is 3.02. The van der Waals surface area contributed by atoms with Gasteiger partial charge < -0.3 is 9.72 Å². The summed E-state index contributed by atoms with van der Waals surface area (Å²) in [7, 11) is 0. The van der Waals surface area contributed by atoms with Crippen LogP contribution in [0.2, 0.25) is 0 Å². The van der Waals surface area contributed by atoms with E-state index in [0.717, 1.165) is 46.1 Å². The van der Waals surface area contributed by atoms with Gasteiger partial charge >= 0.3 is 0 Å². The van der Waals surface area contributed by atoms with Gasteiger partial charge in [-0.2, -0.15) is 5.26 Å². The van der Waals surface area contributed by atoms with Crippen molar-refractivity contribution in [2.75, 3.05) is 0 Å². The third-order valence-corrected chi connectivity index (χ3v) is 4.41. The molecule has 128 valence electrons. The molecule has 3 aromatic rings. The molecule has 0 aliphatic heterocycles. The van der Waals surface area contributed by atoms with E-state index in [-0.39, 0.29) is 12.4 Å². The van der Waals surface area contributed by atoms with Crippen LogP contribution in [-0.4, -0.2) is 9.97 Å². The van der Waals surface area contributed by atoms with Gasteiger partial charge in [-0.3, -0.25) is 0 Å². The summed E-state index contributed by atoms with van der Waals surface area (Å²) in [6.07, 6.45) is 1.73. The lowest BCUT2D eigenvalue weighted by molar-refractivity contribution is 0.297. The molecular formula is C20H20FN3O. The van der Waals surface area contributed by atoms with Gasteiger partial charge in [-0.1, -0.05) is 25.5 Å². The van der Waals surface area contributed by atoms with Crippen molar-refractivity contribution < 1.29 is 9.13 Å². The highest BCUT2D eigenvalue weighted by atomic mass is 19.1. The molecule has 0 aliphatic rings. The Labute approximate surface area is 146 Å². The molecule has 2 aromatic heterocycles. The van der Waals surface area contributed by atoms with Gasteiger partial charge in [0.15, 0.2) is 0 Å². The molecule has 2 heterocycles. The van der Waals surface area contributed by atoms with Crippen LogP contribution >= 0.6 is 0 Å². The summed E-state index contributed by atoms with van der Waals surface area (Å²) < 4.78 is 18.9. The van der Waals surface area contributed by atoms with Gasteiger partial charge in [-0.05, 0) is 49.1 Å². The van der Waals surface area contributed by atoms with E-state index in [0.29, 0.717) is 11.6 Å². The van der Waals surface area contributed by atoms with E-state index in [2.05, 4.69) is 23.0 Å². The molecule has 0 fully saturated rings. The number of fused-ring (bicyclic) bond motifs is 1. The number of nitrogens with zero attached hydrogens (tertiary/aromatic N) is 2. The van der Waals surface area contributed by atoms with Crippen molar-refractivity contribution in [3.8, 4) is 11.9 Å². The molecule has 0 spiro atoms. The number of pyridine rings is 1. The molecule has 1 aromatic carbocycles. The molecule has 0 unspecified atom stereocenters. The molecule has 1 N–H and O–H groups in total. The van der Waals surface area contributed by atoms with Crippen molar-refractivity contribution >= 4 is 10.9 Å². The normalized spacial score (nSPS) is 10.8. The average molecular weight is 337 g/mol. The maximum atomic E-state index is 13.0. The highest BCUT2D eigenvalue weighted by Crippen LogP contribution is 2.33. The first kappa shape index (κ1) is 17.0. The van der Waals surface area contributed by atoms with Crippen molar-refractivity contribution in [3.05, 3.63) is 58.2 Å². The molecule has 0 saturated carbocycles. The number of hydrogen-bond acceptors (Lipinski definition) is 3. The van der Waals surface area contributed by atoms with Crippen LogP contribution < -0.4 is 4.74 Å². The lowest BCUT2D eigenvalue weighted by Gasteiger charge is -2.11. The molecule has 3 rings (SSSR count). The maximum absolute atomic E-state index is 13.0. The Bertz CT molecular complexity index is 952. The fraction of sp³-hybridized carbons (Fsp3) is 0.300. The summed E-state index contributed by atoms with van der Waals surface area (Å²) in [5.74, 6) is 0.127. The number of nitriles is 1. The number of halogens is 1. The Kier molecular flexibility index (Phi) is 4.71. The quantitative estimate of drug-likeness (QED) is 0.732. The molecule has 4 nitrogen and oxygen atoms in total. The van der Waals surface area contributed by atoms with Crippen LogP contribution in [0.4, 0.5) is 4.39 Å². The summed E-state index contributed by atoms with van der Waals surface area (Å²) in [4.78, 5) is 7.77. The Morgan fingerprint density at radius 3 is 2.60 bits per heavy atom. The first-order valence-electron chi connectivity index (χ1n) is 8.34. The van der Waals surface area contributed by atoms with Crippen LogP contribution in [0.1, 0.15) is 41.4 Å². The number of aromatic amines is 1. The van der Waals surface area contributed by atoms with E-state index >= 15 is 0 Å². The summed E-state index contributed by atoms with van der Waals surface area (Å²) in [6.45, 7) is 6.39. The third kappa shape index (κ3) is 3.20. The molecule has 0 aliphatic carbocycles. The summed E-state index contributed by atoms with van der Waals surface area (Å²) >= 11 is 0. The number of benzene rings is 1. The first-order chi connectivity index (χ1) is 12.0. The van der Waals surface area contributed by atoms with E-state index in [1.807, 2.05) is 13.8 Å².